The molecule has 1 N–H and O–H groups in total. The Morgan fingerprint density at radius 1 is 1.27 bits per heavy atom. The van der Waals surface area contributed by atoms with Crippen LogP contribution in [0, 0.1) is 0 Å². The van der Waals surface area contributed by atoms with E-state index in [4.69, 9.17) is 4.42 Å². The molecule has 0 bridgehead atoms. The van der Waals surface area contributed by atoms with Gasteiger partial charge in [0.15, 0.2) is 0 Å². The van der Waals surface area contributed by atoms with Crippen molar-refractivity contribution >= 4 is 24.2 Å². The van der Waals surface area contributed by atoms with Gasteiger partial charge in [-0.3, -0.25) is 15.0 Å². The van der Waals surface area contributed by atoms with Crippen molar-refractivity contribution in [2.24, 2.45) is 0 Å². The normalized spacial score (nSPS) is 10.4. The first-order valence-electron chi connectivity index (χ1n) is 6.39. The molecule has 0 saturated carbocycles. The minimum atomic E-state index is -0.715. The van der Waals surface area contributed by atoms with Gasteiger partial charge < -0.3 is 9.21 Å². The number of aromatic nitrogens is 1. The molecular formula is C15H13N3O4. The van der Waals surface area contributed by atoms with Crippen LogP contribution in [0.2, 0.25) is 0 Å². The van der Waals surface area contributed by atoms with Gasteiger partial charge in [-0.25, -0.2) is 9.99 Å². The van der Waals surface area contributed by atoms with Crippen LogP contribution in [-0.2, 0) is 9.59 Å². The minimum absolute atomic E-state index is 0.198. The van der Waals surface area contributed by atoms with E-state index in [0.717, 1.165) is 10.6 Å². The first-order valence-corrected chi connectivity index (χ1v) is 6.39. The summed E-state index contributed by atoms with van der Waals surface area (Å²) in [5.41, 5.74) is 3.08. The number of carbonyl (C=O) groups is 3. The number of amides is 2. The standard InChI is InChI=1S/C15H13N3O4/c19-10-9-18(17-14(21)15-16-8-11-22-15)13(20)7-6-12-4-2-1-3-5-12/h1-8,10-11H,9H2,(H,17,21). The molecule has 0 fully saturated rings. The van der Waals surface area contributed by atoms with E-state index in [1.54, 1.807) is 6.08 Å². The molecule has 0 saturated heterocycles. The Balaban J connectivity index is 2.03. The Labute approximate surface area is 126 Å². The molecule has 7 heteroatoms. The largest absolute Gasteiger partial charge is 0.441 e. The van der Waals surface area contributed by atoms with Gasteiger partial charge in [-0.05, 0) is 11.6 Å². The highest BCUT2D eigenvalue weighted by molar-refractivity contribution is 5.96. The first-order chi connectivity index (χ1) is 10.7. The zero-order valence-electron chi connectivity index (χ0n) is 11.5. The number of hydrazine groups is 1. The number of carbonyl (C=O) groups excluding carboxylic acids is 3. The Morgan fingerprint density at radius 2 is 2.05 bits per heavy atom. The lowest BCUT2D eigenvalue weighted by atomic mass is 10.2. The second kappa shape index (κ2) is 7.53. The topological polar surface area (TPSA) is 92.5 Å². The highest BCUT2D eigenvalue weighted by Gasteiger charge is 2.17. The average molecular weight is 299 g/mol. The molecule has 7 nitrogen and oxygen atoms in total. The van der Waals surface area contributed by atoms with Gasteiger partial charge in [0.05, 0.1) is 12.7 Å². The van der Waals surface area contributed by atoms with Crippen LogP contribution in [0.3, 0.4) is 0 Å². The maximum absolute atomic E-state index is 12.0. The molecule has 0 aliphatic heterocycles. The van der Waals surface area contributed by atoms with Crippen molar-refractivity contribution in [2.75, 3.05) is 6.54 Å². The molecular weight excluding hydrogens is 286 g/mol. The Kier molecular flexibility index (Phi) is 5.20. The lowest BCUT2D eigenvalue weighted by Crippen LogP contribution is -2.46. The molecule has 0 aliphatic rings. The quantitative estimate of drug-likeness (QED) is 0.506. The third kappa shape index (κ3) is 4.14. The summed E-state index contributed by atoms with van der Waals surface area (Å²) < 4.78 is 4.82. The van der Waals surface area contributed by atoms with E-state index in [-0.39, 0.29) is 12.4 Å². The summed E-state index contributed by atoms with van der Waals surface area (Å²) in [6.45, 7) is -0.287. The molecule has 2 amide bonds. The van der Waals surface area contributed by atoms with Gasteiger partial charge >= 0.3 is 5.91 Å². The zero-order chi connectivity index (χ0) is 15.8. The molecule has 112 valence electrons. The fraction of sp³-hybridized carbons (Fsp3) is 0.0667. The number of benzene rings is 1. The van der Waals surface area contributed by atoms with Crippen molar-refractivity contribution in [3.63, 3.8) is 0 Å². The van der Waals surface area contributed by atoms with Crippen LogP contribution in [0.15, 0.2) is 53.3 Å². The molecule has 1 aromatic heterocycles. The van der Waals surface area contributed by atoms with Crippen molar-refractivity contribution in [3.05, 3.63) is 60.3 Å². The molecule has 2 aromatic rings. The summed E-state index contributed by atoms with van der Waals surface area (Å²) in [5.74, 6) is -1.46. The second-order valence-corrected chi connectivity index (χ2v) is 4.14. The first kappa shape index (κ1) is 15.2. The van der Waals surface area contributed by atoms with E-state index < -0.39 is 11.8 Å². The molecule has 0 aliphatic carbocycles. The number of nitrogens with one attached hydrogen (secondary N) is 1. The van der Waals surface area contributed by atoms with Gasteiger partial charge in [0.2, 0.25) is 0 Å². The van der Waals surface area contributed by atoms with Crippen LogP contribution in [0.5, 0.6) is 0 Å². The predicted molar refractivity (Wildman–Crippen MR) is 77.2 cm³/mol. The summed E-state index contributed by atoms with van der Waals surface area (Å²) in [7, 11) is 0. The van der Waals surface area contributed by atoms with Gasteiger partial charge in [0.25, 0.3) is 11.8 Å². The highest BCUT2D eigenvalue weighted by Crippen LogP contribution is 2.02. The SMILES string of the molecule is O=CCN(NC(=O)c1ncco1)C(=O)C=Cc1ccccc1. The van der Waals surface area contributed by atoms with Gasteiger partial charge in [0, 0.05) is 6.08 Å². The molecule has 0 radical (unpaired) electrons. The van der Waals surface area contributed by atoms with Gasteiger partial charge in [-0.1, -0.05) is 30.3 Å². The number of hydrogen-bond acceptors (Lipinski definition) is 5. The molecule has 1 heterocycles. The Hall–Kier alpha value is -3.22. The molecule has 0 unspecified atom stereocenters. The van der Waals surface area contributed by atoms with Gasteiger partial charge in [-0.2, -0.15) is 0 Å². The number of oxazole rings is 1. The lowest BCUT2D eigenvalue weighted by molar-refractivity contribution is -0.130. The number of aldehydes is 1. The summed E-state index contributed by atoms with van der Waals surface area (Å²) in [6.07, 6.45) is 5.88. The fourth-order valence-corrected chi connectivity index (χ4v) is 1.59. The fourth-order valence-electron chi connectivity index (χ4n) is 1.59. The van der Waals surface area contributed by atoms with Crippen LogP contribution >= 0.6 is 0 Å². The van der Waals surface area contributed by atoms with Crippen molar-refractivity contribution < 1.29 is 18.8 Å². The summed E-state index contributed by atoms with van der Waals surface area (Å²) in [6, 6.07) is 9.15. The smallest absolute Gasteiger partial charge is 0.325 e. The van der Waals surface area contributed by atoms with Crippen molar-refractivity contribution in [3.8, 4) is 0 Å². The molecule has 2 rings (SSSR count). The van der Waals surface area contributed by atoms with Crippen LogP contribution in [0.25, 0.3) is 6.08 Å². The Morgan fingerprint density at radius 3 is 2.68 bits per heavy atom. The minimum Gasteiger partial charge on any atom is -0.441 e. The highest BCUT2D eigenvalue weighted by atomic mass is 16.4. The third-order valence-corrected chi connectivity index (χ3v) is 2.60. The van der Waals surface area contributed by atoms with E-state index in [0.29, 0.717) is 6.29 Å². The van der Waals surface area contributed by atoms with Crippen LogP contribution < -0.4 is 5.43 Å². The summed E-state index contributed by atoms with van der Waals surface area (Å²) in [4.78, 5) is 38.1. The lowest BCUT2D eigenvalue weighted by Gasteiger charge is -2.18. The summed E-state index contributed by atoms with van der Waals surface area (Å²) >= 11 is 0. The van der Waals surface area contributed by atoms with Crippen LogP contribution in [0.4, 0.5) is 0 Å². The van der Waals surface area contributed by atoms with E-state index >= 15 is 0 Å². The molecule has 0 atom stereocenters. The zero-order valence-corrected chi connectivity index (χ0v) is 11.5. The molecule has 1 aromatic carbocycles. The van der Waals surface area contributed by atoms with E-state index in [1.165, 1.54) is 18.5 Å². The molecule has 0 spiro atoms. The van der Waals surface area contributed by atoms with Crippen molar-refractivity contribution in [2.45, 2.75) is 0 Å². The van der Waals surface area contributed by atoms with E-state index in [9.17, 15) is 14.4 Å². The van der Waals surface area contributed by atoms with Gasteiger partial charge in [-0.15, -0.1) is 0 Å². The average Bonchev–Trinajstić information content (AvgIpc) is 3.07. The number of hydrogen-bond donors (Lipinski definition) is 1. The van der Waals surface area contributed by atoms with Crippen molar-refractivity contribution in [1.82, 2.24) is 15.4 Å². The number of rotatable bonds is 5. The van der Waals surface area contributed by atoms with E-state index in [2.05, 4.69) is 10.4 Å². The van der Waals surface area contributed by atoms with Crippen molar-refractivity contribution in [1.29, 1.82) is 0 Å². The maximum Gasteiger partial charge on any atom is 0.325 e. The second-order valence-electron chi connectivity index (χ2n) is 4.14. The maximum atomic E-state index is 12.0. The van der Waals surface area contributed by atoms with E-state index in [1.807, 2.05) is 30.3 Å². The summed E-state index contributed by atoms with van der Waals surface area (Å²) in [5, 5.41) is 0.874. The molecule has 22 heavy (non-hydrogen) atoms. The Bertz CT molecular complexity index is 665. The predicted octanol–water partition coefficient (Wildman–Crippen LogP) is 1.06. The van der Waals surface area contributed by atoms with Crippen LogP contribution in [0.1, 0.15) is 16.2 Å². The van der Waals surface area contributed by atoms with Crippen LogP contribution in [-0.4, -0.2) is 34.6 Å². The number of nitrogens with zero attached hydrogens (tertiary/aromatic N) is 2. The van der Waals surface area contributed by atoms with Gasteiger partial charge in [0.1, 0.15) is 12.5 Å². The monoisotopic (exact) mass is 299 g/mol. The third-order valence-electron chi connectivity index (χ3n) is 2.60.